The van der Waals surface area contributed by atoms with Gasteiger partial charge in [-0.3, -0.25) is 5.43 Å². The molecule has 0 atom stereocenters. The van der Waals surface area contributed by atoms with Crippen molar-refractivity contribution >= 4 is 35.2 Å². The summed E-state index contributed by atoms with van der Waals surface area (Å²) in [7, 11) is 1.56. The van der Waals surface area contributed by atoms with Crippen molar-refractivity contribution in [1.82, 2.24) is 5.43 Å². The van der Waals surface area contributed by atoms with Gasteiger partial charge in [0.1, 0.15) is 5.75 Å². The molecular weight excluding hydrogens is 426 g/mol. The molecule has 0 bridgehead atoms. The average molecular weight is 450 g/mol. The summed E-state index contributed by atoms with van der Waals surface area (Å²) in [5.41, 5.74) is 4.77. The van der Waals surface area contributed by atoms with E-state index in [1.807, 2.05) is 37.3 Å². The summed E-state index contributed by atoms with van der Waals surface area (Å²) in [5.74, 6) is 0.920. The van der Waals surface area contributed by atoms with Gasteiger partial charge in [-0.15, -0.1) is 0 Å². The summed E-state index contributed by atoms with van der Waals surface area (Å²) in [4.78, 5) is 12.5. The highest BCUT2D eigenvalue weighted by atomic mass is 32.1. The number of nitrogens with zero attached hydrogens (tertiary/aromatic N) is 1. The van der Waals surface area contributed by atoms with E-state index in [9.17, 15) is 4.79 Å². The first-order valence-electron chi connectivity index (χ1n) is 9.87. The van der Waals surface area contributed by atoms with Gasteiger partial charge in [0, 0.05) is 5.69 Å². The minimum absolute atomic E-state index is 0.319. The van der Waals surface area contributed by atoms with E-state index in [4.69, 9.17) is 26.4 Å². The number of benzene rings is 3. The molecule has 0 aromatic heterocycles. The van der Waals surface area contributed by atoms with E-state index in [1.54, 1.807) is 55.8 Å². The standard InChI is InChI=1S/C24H23N3O4S/c1-3-30-22-15-17(16-25-27-24(32)26-19-7-5-4-6-8-19)9-14-21(22)31-23(28)18-10-12-20(29-2)13-11-18/h4-16H,3H2,1-2H3,(H2,26,27,32)/b25-16-. The van der Waals surface area contributed by atoms with Crippen molar-refractivity contribution in [2.24, 2.45) is 5.10 Å². The van der Waals surface area contributed by atoms with E-state index in [2.05, 4.69) is 15.8 Å². The SMILES string of the molecule is CCOc1cc(/C=N\NC(=S)Nc2ccccc2)ccc1OC(=O)c1ccc(OC)cc1. The van der Waals surface area contributed by atoms with Gasteiger partial charge in [0.05, 0.1) is 25.5 Å². The zero-order valence-electron chi connectivity index (χ0n) is 17.7. The first kappa shape index (κ1) is 22.8. The largest absolute Gasteiger partial charge is 0.497 e. The number of methoxy groups -OCH3 is 1. The lowest BCUT2D eigenvalue weighted by Crippen LogP contribution is -2.23. The molecule has 0 radical (unpaired) electrons. The third-order valence-corrected chi connectivity index (χ3v) is 4.40. The minimum Gasteiger partial charge on any atom is -0.497 e. The predicted molar refractivity (Wildman–Crippen MR) is 129 cm³/mol. The van der Waals surface area contributed by atoms with Crippen LogP contribution in [0, 0.1) is 0 Å². The summed E-state index contributed by atoms with van der Waals surface area (Å²) < 4.78 is 16.3. The highest BCUT2D eigenvalue weighted by Gasteiger charge is 2.13. The Bertz CT molecular complexity index is 1090. The number of nitrogens with one attached hydrogen (secondary N) is 2. The molecule has 7 nitrogen and oxygen atoms in total. The molecule has 0 aliphatic rings. The zero-order chi connectivity index (χ0) is 22.8. The number of carbonyl (C=O) groups excluding carboxylic acids is 1. The Hall–Kier alpha value is -3.91. The van der Waals surface area contributed by atoms with Gasteiger partial charge in [0.2, 0.25) is 0 Å². The number of esters is 1. The monoisotopic (exact) mass is 449 g/mol. The van der Waals surface area contributed by atoms with Crippen LogP contribution in [-0.4, -0.2) is 31.0 Å². The second kappa shape index (κ2) is 11.5. The molecule has 3 rings (SSSR count). The topological polar surface area (TPSA) is 81.2 Å². The van der Waals surface area contributed by atoms with E-state index in [-0.39, 0.29) is 0 Å². The third-order valence-electron chi connectivity index (χ3n) is 4.21. The van der Waals surface area contributed by atoms with E-state index in [0.717, 1.165) is 11.3 Å². The van der Waals surface area contributed by atoms with E-state index < -0.39 is 5.97 Å². The Kier molecular flexibility index (Phi) is 8.16. The molecule has 164 valence electrons. The highest BCUT2D eigenvalue weighted by molar-refractivity contribution is 7.80. The first-order valence-corrected chi connectivity index (χ1v) is 10.3. The van der Waals surface area contributed by atoms with Crippen LogP contribution >= 0.6 is 12.2 Å². The van der Waals surface area contributed by atoms with Crippen molar-refractivity contribution in [1.29, 1.82) is 0 Å². The van der Waals surface area contributed by atoms with E-state index in [0.29, 0.717) is 34.5 Å². The fourth-order valence-electron chi connectivity index (χ4n) is 2.69. The maximum absolute atomic E-state index is 12.5. The van der Waals surface area contributed by atoms with E-state index in [1.165, 1.54) is 0 Å². The number of hydrogen-bond donors (Lipinski definition) is 2. The van der Waals surface area contributed by atoms with Crippen LogP contribution in [0.3, 0.4) is 0 Å². The Labute approximate surface area is 192 Å². The second-order valence-corrected chi connectivity index (χ2v) is 6.86. The fraction of sp³-hybridized carbons (Fsp3) is 0.125. The molecule has 0 heterocycles. The number of para-hydroxylation sites is 1. The quantitative estimate of drug-likeness (QED) is 0.171. The molecule has 2 N–H and O–H groups in total. The molecule has 0 saturated heterocycles. The molecule has 0 aliphatic heterocycles. The summed E-state index contributed by atoms with van der Waals surface area (Å²) >= 11 is 5.22. The van der Waals surface area contributed by atoms with Gasteiger partial charge in [-0.25, -0.2) is 4.79 Å². The van der Waals surface area contributed by atoms with Gasteiger partial charge in [-0.1, -0.05) is 18.2 Å². The van der Waals surface area contributed by atoms with Crippen LogP contribution in [0.5, 0.6) is 17.2 Å². The van der Waals surface area contributed by atoms with Crippen molar-refractivity contribution in [2.75, 3.05) is 19.0 Å². The van der Waals surface area contributed by atoms with Crippen LogP contribution in [-0.2, 0) is 0 Å². The van der Waals surface area contributed by atoms with Crippen molar-refractivity contribution in [3.05, 3.63) is 83.9 Å². The molecule has 32 heavy (non-hydrogen) atoms. The van der Waals surface area contributed by atoms with Crippen LogP contribution in [0.4, 0.5) is 5.69 Å². The number of rotatable bonds is 8. The Morgan fingerprint density at radius 1 is 1.03 bits per heavy atom. The summed E-state index contributed by atoms with van der Waals surface area (Å²) in [6.45, 7) is 2.27. The van der Waals surface area contributed by atoms with Crippen molar-refractivity contribution in [2.45, 2.75) is 6.92 Å². The average Bonchev–Trinajstić information content (AvgIpc) is 2.81. The summed E-state index contributed by atoms with van der Waals surface area (Å²) in [5, 5.41) is 7.53. The molecule has 0 amide bonds. The number of anilines is 1. The van der Waals surface area contributed by atoms with Crippen LogP contribution in [0.15, 0.2) is 77.9 Å². The first-order chi connectivity index (χ1) is 15.6. The van der Waals surface area contributed by atoms with Crippen LogP contribution in [0.2, 0.25) is 0 Å². The highest BCUT2D eigenvalue weighted by Crippen LogP contribution is 2.29. The van der Waals surface area contributed by atoms with Crippen molar-refractivity contribution < 1.29 is 19.0 Å². The Morgan fingerprint density at radius 3 is 2.47 bits per heavy atom. The maximum Gasteiger partial charge on any atom is 0.343 e. The molecule has 0 aliphatic carbocycles. The van der Waals surface area contributed by atoms with Crippen LogP contribution < -0.4 is 25.0 Å². The number of thiocarbonyl (C=S) groups is 1. The summed E-state index contributed by atoms with van der Waals surface area (Å²) in [6, 6.07) is 21.4. The van der Waals surface area contributed by atoms with Gasteiger partial charge in [0.25, 0.3) is 0 Å². The lowest BCUT2D eigenvalue weighted by atomic mass is 10.2. The van der Waals surface area contributed by atoms with E-state index >= 15 is 0 Å². The van der Waals surface area contributed by atoms with Gasteiger partial charge in [0.15, 0.2) is 16.6 Å². The molecular formula is C24H23N3O4S. The zero-order valence-corrected chi connectivity index (χ0v) is 18.5. The van der Waals surface area contributed by atoms with Crippen molar-refractivity contribution in [3.8, 4) is 17.2 Å². The van der Waals surface area contributed by atoms with Crippen molar-refractivity contribution in [3.63, 3.8) is 0 Å². The number of ether oxygens (including phenoxy) is 3. The van der Waals surface area contributed by atoms with Gasteiger partial charge in [-0.05, 0) is 79.3 Å². The second-order valence-electron chi connectivity index (χ2n) is 6.45. The number of hydrazone groups is 1. The number of carbonyl (C=O) groups is 1. The summed E-state index contributed by atoms with van der Waals surface area (Å²) in [6.07, 6.45) is 1.59. The maximum atomic E-state index is 12.5. The number of hydrogen-bond acceptors (Lipinski definition) is 6. The molecule has 8 heteroatoms. The van der Waals surface area contributed by atoms with Gasteiger partial charge in [-0.2, -0.15) is 5.10 Å². The normalized spacial score (nSPS) is 10.4. The minimum atomic E-state index is -0.492. The lowest BCUT2D eigenvalue weighted by molar-refractivity contribution is 0.0728. The Morgan fingerprint density at radius 2 is 1.78 bits per heavy atom. The molecule has 3 aromatic carbocycles. The van der Waals surface area contributed by atoms with Gasteiger partial charge >= 0.3 is 5.97 Å². The van der Waals surface area contributed by atoms with Crippen LogP contribution in [0.25, 0.3) is 0 Å². The lowest BCUT2D eigenvalue weighted by Gasteiger charge is -2.11. The molecule has 0 fully saturated rings. The molecule has 0 saturated carbocycles. The third kappa shape index (κ3) is 6.55. The molecule has 0 unspecified atom stereocenters. The van der Waals surface area contributed by atoms with Gasteiger partial charge < -0.3 is 19.5 Å². The molecule has 0 spiro atoms. The fourth-order valence-corrected chi connectivity index (χ4v) is 2.86. The predicted octanol–water partition coefficient (Wildman–Crippen LogP) is 4.63. The molecule has 3 aromatic rings. The Balaban J connectivity index is 1.64. The smallest absolute Gasteiger partial charge is 0.343 e. The van der Waals surface area contributed by atoms with Crippen LogP contribution in [0.1, 0.15) is 22.8 Å².